The Kier molecular flexibility index (Phi) is 6.21. The van der Waals surface area contributed by atoms with Crippen molar-refractivity contribution < 1.29 is 19.7 Å². The molecule has 0 spiro atoms. The van der Waals surface area contributed by atoms with Crippen molar-refractivity contribution >= 4 is 5.97 Å². The van der Waals surface area contributed by atoms with E-state index in [0.29, 0.717) is 12.1 Å². The number of phenols is 1. The van der Waals surface area contributed by atoms with Crippen molar-refractivity contribution in [1.82, 2.24) is 5.32 Å². The van der Waals surface area contributed by atoms with E-state index < -0.39 is 5.97 Å². The molecule has 0 aliphatic carbocycles. The van der Waals surface area contributed by atoms with E-state index in [4.69, 9.17) is 9.84 Å². The Morgan fingerprint density at radius 3 is 2.67 bits per heavy atom. The van der Waals surface area contributed by atoms with Crippen molar-refractivity contribution in [2.24, 2.45) is 0 Å². The molecule has 1 atom stereocenters. The van der Waals surface area contributed by atoms with E-state index in [1.807, 2.05) is 30.3 Å². The van der Waals surface area contributed by atoms with Crippen molar-refractivity contribution in [2.75, 3.05) is 7.11 Å². The lowest BCUT2D eigenvalue weighted by Gasteiger charge is -2.16. The van der Waals surface area contributed by atoms with Crippen LogP contribution in [0.2, 0.25) is 0 Å². The van der Waals surface area contributed by atoms with Crippen LogP contribution in [-0.4, -0.2) is 29.3 Å². The van der Waals surface area contributed by atoms with E-state index in [1.165, 1.54) is 0 Å². The number of aliphatic carboxylic acids is 1. The van der Waals surface area contributed by atoms with Crippen LogP contribution >= 0.6 is 0 Å². The molecule has 0 fully saturated rings. The van der Waals surface area contributed by atoms with Crippen LogP contribution in [0, 0.1) is 0 Å². The Morgan fingerprint density at radius 2 is 1.96 bits per heavy atom. The summed E-state index contributed by atoms with van der Waals surface area (Å²) in [5.74, 6) is -0.0776. The number of para-hydroxylation sites is 1. The Balaban J connectivity index is 1.97. The number of phenolic OH excluding ortho intramolecular Hbond substituents is 1. The van der Waals surface area contributed by atoms with Crippen molar-refractivity contribution in [2.45, 2.75) is 32.4 Å². The Labute approximate surface area is 141 Å². The van der Waals surface area contributed by atoms with Crippen LogP contribution in [0.5, 0.6) is 11.5 Å². The molecule has 128 valence electrons. The Morgan fingerprint density at radius 1 is 1.21 bits per heavy atom. The fourth-order valence-electron chi connectivity index (χ4n) is 2.63. The van der Waals surface area contributed by atoms with Crippen molar-refractivity contribution in [3.63, 3.8) is 0 Å². The first-order valence-electron chi connectivity index (χ1n) is 7.87. The van der Waals surface area contributed by atoms with E-state index in [-0.39, 0.29) is 18.2 Å². The van der Waals surface area contributed by atoms with Gasteiger partial charge in [0.15, 0.2) is 0 Å². The van der Waals surface area contributed by atoms with Gasteiger partial charge in [0.25, 0.3) is 0 Å². The third-order valence-corrected chi connectivity index (χ3v) is 3.86. The average molecular weight is 329 g/mol. The third-order valence-electron chi connectivity index (χ3n) is 3.86. The number of carboxylic acids is 1. The van der Waals surface area contributed by atoms with Gasteiger partial charge >= 0.3 is 5.97 Å². The molecule has 0 aromatic heterocycles. The molecule has 5 heteroatoms. The van der Waals surface area contributed by atoms with Gasteiger partial charge in [0.1, 0.15) is 11.5 Å². The summed E-state index contributed by atoms with van der Waals surface area (Å²) in [6.45, 7) is 2.75. The standard InChI is InChI=1S/C19H23NO4/c1-13(20-12-15-5-3-4-6-18(15)24-2)9-14-7-8-17(21)16(10-14)11-19(22)23/h3-8,10,13,20-21H,9,11-12H2,1-2H3,(H,22,23). The highest BCUT2D eigenvalue weighted by molar-refractivity contribution is 5.71. The van der Waals surface area contributed by atoms with Crippen LogP contribution in [0.4, 0.5) is 0 Å². The van der Waals surface area contributed by atoms with Crippen molar-refractivity contribution in [3.8, 4) is 11.5 Å². The second-order valence-corrected chi connectivity index (χ2v) is 5.83. The first-order chi connectivity index (χ1) is 11.5. The number of hydrogen-bond acceptors (Lipinski definition) is 4. The van der Waals surface area contributed by atoms with Gasteiger partial charge in [-0.15, -0.1) is 0 Å². The molecule has 0 bridgehead atoms. The third kappa shape index (κ3) is 4.99. The van der Waals surface area contributed by atoms with E-state index in [9.17, 15) is 9.90 Å². The van der Waals surface area contributed by atoms with Gasteiger partial charge in [0, 0.05) is 23.7 Å². The quantitative estimate of drug-likeness (QED) is 0.694. The number of rotatable bonds is 8. The van der Waals surface area contributed by atoms with Gasteiger partial charge in [-0.05, 0) is 31.0 Å². The van der Waals surface area contributed by atoms with Gasteiger partial charge in [-0.25, -0.2) is 0 Å². The topological polar surface area (TPSA) is 78.8 Å². The van der Waals surface area contributed by atoms with Crippen LogP contribution in [-0.2, 0) is 24.2 Å². The average Bonchev–Trinajstić information content (AvgIpc) is 2.56. The van der Waals surface area contributed by atoms with Crippen LogP contribution in [0.1, 0.15) is 23.6 Å². The zero-order valence-corrected chi connectivity index (χ0v) is 14.0. The normalized spacial score (nSPS) is 11.9. The first-order valence-corrected chi connectivity index (χ1v) is 7.87. The molecule has 0 aliphatic heterocycles. The fraction of sp³-hybridized carbons (Fsp3) is 0.316. The summed E-state index contributed by atoms with van der Waals surface area (Å²) in [7, 11) is 1.66. The largest absolute Gasteiger partial charge is 0.508 e. The maximum Gasteiger partial charge on any atom is 0.307 e. The maximum absolute atomic E-state index is 10.8. The van der Waals surface area contributed by atoms with Crippen LogP contribution in [0.15, 0.2) is 42.5 Å². The first kappa shape index (κ1) is 17.8. The lowest BCUT2D eigenvalue weighted by atomic mass is 10.0. The zero-order chi connectivity index (χ0) is 17.5. The Hall–Kier alpha value is -2.53. The molecule has 24 heavy (non-hydrogen) atoms. The SMILES string of the molecule is COc1ccccc1CNC(C)Cc1ccc(O)c(CC(=O)O)c1. The number of benzene rings is 2. The lowest BCUT2D eigenvalue weighted by molar-refractivity contribution is -0.136. The highest BCUT2D eigenvalue weighted by atomic mass is 16.5. The summed E-state index contributed by atoms with van der Waals surface area (Å²) < 4.78 is 5.34. The van der Waals surface area contributed by atoms with E-state index in [2.05, 4.69) is 12.2 Å². The van der Waals surface area contributed by atoms with Gasteiger partial charge in [-0.2, -0.15) is 0 Å². The summed E-state index contributed by atoms with van der Waals surface area (Å²) in [6, 6.07) is 13.2. The van der Waals surface area contributed by atoms with Gasteiger partial charge < -0.3 is 20.3 Å². The predicted molar refractivity (Wildman–Crippen MR) is 92.4 cm³/mol. The fourth-order valence-corrected chi connectivity index (χ4v) is 2.63. The summed E-state index contributed by atoms with van der Waals surface area (Å²) in [6.07, 6.45) is 0.560. The minimum atomic E-state index is -0.954. The molecule has 0 heterocycles. The number of ether oxygens (including phenoxy) is 1. The minimum absolute atomic E-state index is 0.0239. The number of carboxylic acid groups (broad SMARTS) is 1. The molecule has 1 unspecified atom stereocenters. The van der Waals surface area contributed by atoms with E-state index in [1.54, 1.807) is 19.2 Å². The van der Waals surface area contributed by atoms with Gasteiger partial charge in [-0.1, -0.05) is 30.3 Å². The number of nitrogens with one attached hydrogen (secondary N) is 1. The molecule has 3 N–H and O–H groups in total. The van der Waals surface area contributed by atoms with Crippen molar-refractivity contribution in [3.05, 3.63) is 59.2 Å². The summed E-state index contributed by atoms with van der Waals surface area (Å²) >= 11 is 0. The van der Waals surface area contributed by atoms with Gasteiger partial charge in [0.2, 0.25) is 0 Å². The van der Waals surface area contributed by atoms with Gasteiger partial charge in [0.05, 0.1) is 13.5 Å². The zero-order valence-electron chi connectivity index (χ0n) is 14.0. The highest BCUT2D eigenvalue weighted by Gasteiger charge is 2.10. The smallest absolute Gasteiger partial charge is 0.307 e. The van der Waals surface area contributed by atoms with E-state index in [0.717, 1.165) is 23.3 Å². The molecule has 5 nitrogen and oxygen atoms in total. The molecule has 0 radical (unpaired) electrons. The Bertz CT molecular complexity index is 700. The molecule has 0 aliphatic rings. The molecule has 0 saturated heterocycles. The summed E-state index contributed by atoms with van der Waals surface area (Å²) in [5.41, 5.74) is 2.52. The van der Waals surface area contributed by atoms with Crippen LogP contribution in [0.3, 0.4) is 0 Å². The molecule has 2 aromatic rings. The van der Waals surface area contributed by atoms with Crippen LogP contribution in [0.25, 0.3) is 0 Å². The molecular weight excluding hydrogens is 306 g/mol. The monoisotopic (exact) mass is 329 g/mol. The number of aromatic hydroxyl groups is 1. The number of hydrogen-bond donors (Lipinski definition) is 3. The molecule has 0 saturated carbocycles. The molecule has 2 aromatic carbocycles. The predicted octanol–water partition coefficient (Wildman–Crippen LogP) is 2.75. The highest BCUT2D eigenvalue weighted by Crippen LogP contribution is 2.21. The van der Waals surface area contributed by atoms with Gasteiger partial charge in [-0.3, -0.25) is 4.79 Å². The second-order valence-electron chi connectivity index (χ2n) is 5.83. The van der Waals surface area contributed by atoms with Crippen LogP contribution < -0.4 is 10.1 Å². The molecular formula is C19H23NO4. The molecule has 2 rings (SSSR count). The molecule has 0 amide bonds. The summed E-state index contributed by atoms with van der Waals surface area (Å²) in [4.78, 5) is 10.8. The maximum atomic E-state index is 10.8. The number of carbonyl (C=O) groups is 1. The number of methoxy groups -OCH3 is 1. The summed E-state index contributed by atoms with van der Waals surface area (Å²) in [5, 5.41) is 22.1. The lowest BCUT2D eigenvalue weighted by Crippen LogP contribution is -2.27. The second kappa shape index (κ2) is 8.36. The van der Waals surface area contributed by atoms with E-state index >= 15 is 0 Å². The minimum Gasteiger partial charge on any atom is -0.508 e. The van der Waals surface area contributed by atoms with Crippen molar-refractivity contribution in [1.29, 1.82) is 0 Å².